The first-order valence-corrected chi connectivity index (χ1v) is 12.5. The number of anilines is 2. The highest BCUT2D eigenvalue weighted by Gasteiger charge is 2.32. The number of hydrogen-bond acceptors (Lipinski definition) is 8. The van der Waals surface area contributed by atoms with E-state index in [0.29, 0.717) is 53.3 Å². The van der Waals surface area contributed by atoms with Crippen LogP contribution in [0.4, 0.5) is 20.7 Å². The van der Waals surface area contributed by atoms with E-state index in [0.717, 1.165) is 5.56 Å². The van der Waals surface area contributed by atoms with Gasteiger partial charge in [0.1, 0.15) is 23.8 Å². The van der Waals surface area contributed by atoms with Gasteiger partial charge in [-0.1, -0.05) is 24.3 Å². The number of amides is 2. The van der Waals surface area contributed by atoms with Crippen LogP contribution in [0.15, 0.2) is 55.1 Å². The highest BCUT2D eigenvalue weighted by molar-refractivity contribution is 5.90. The topological polar surface area (TPSA) is 134 Å². The number of carbonyl (C=O) groups is 2. The summed E-state index contributed by atoms with van der Waals surface area (Å²) in [5.41, 5.74) is 3.81. The monoisotopic (exact) mass is 533 g/mol. The Kier molecular flexibility index (Phi) is 7.64. The van der Waals surface area contributed by atoms with Crippen molar-refractivity contribution in [2.75, 3.05) is 36.5 Å². The van der Waals surface area contributed by atoms with E-state index in [1.807, 2.05) is 28.8 Å². The zero-order valence-electron chi connectivity index (χ0n) is 21.3. The van der Waals surface area contributed by atoms with Gasteiger partial charge in [0.25, 0.3) is 0 Å². The Hall–Kier alpha value is -4.58. The number of ether oxygens (including phenoxy) is 1. The molecule has 39 heavy (non-hydrogen) atoms. The van der Waals surface area contributed by atoms with Crippen LogP contribution in [0.1, 0.15) is 18.9 Å². The molecule has 0 unspecified atom stereocenters. The molecule has 0 saturated carbocycles. The number of aliphatic hydroxyl groups is 1. The summed E-state index contributed by atoms with van der Waals surface area (Å²) in [5, 5.41) is 14.8. The van der Waals surface area contributed by atoms with Gasteiger partial charge < -0.3 is 25.0 Å². The minimum atomic E-state index is -0.577. The Morgan fingerprint density at radius 1 is 1.18 bits per heavy atom. The number of cyclic esters (lactones) is 1. The highest BCUT2D eigenvalue weighted by Crippen LogP contribution is 2.29. The zero-order chi connectivity index (χ0) is 27.4. The number of aliphatic hydroxyl groups excluding tert-OH is 1. The summed E-state index contributed by atoms with van der Waals surface area (Å²) in [6, 6.07) is 12.2. The van der Waals surface area contributed by atoms with Crippen molar-refractivity contribution >= 4 is 34.7 Å². The van der Waals surface area contributed by atoms with Crippen molar-refractivity contribution in [3.63, 3.8) is 0 Å². The molecule has 3 heterocycles. The fourth-order valence-electron chi connectivity index (χ4n) is 4.40. The van der Waals surface area contributed by atoms with Crippen LogP contribution in [0, 0.1) is 5.82 Å². The summed E-state index contributed by atoms with van der Waals surface area (Å²) in [4.78, 5) is 37.8. The number of hydrogen-bond donors (Lipinski definition) is 3. The normalized spacial score (nSPS) is 15.0. The maximum atomic E-state index is 15.1. The fraction of sp³-hybridized carbons (Fsp3) is 0.296. The molecule has 1 saturated heterocycles. The van der Waals surface area contributed by atoms with Crippen molar-refractivity contribution in [1.29, 1.82) is 0 Å². The van der Waals surface area contributed by atoms with E-state index in [1.165, 1.54) is 24.2 Å². The standard InChI is InChI=1S/C27H28FN7O4/c1-17(37)30-12-21-14-35(27(38)39-21)20-7-8-22(23(28)11-20)19-5-3-18(4-6-19)13-34-16-33-24-25(29-9-2-10-36)31-15-32-26(24)34/h3-8,11,15-16,21,36H,2,9-10,12-14H2,1H3,(H,30,37)(H,29,31,32)/t21-/m0/s1. The summed E-state index contributed by atoms with van der Waals surface area (Å²) >= 11 is 0. The van der Waals surface area contributed by atoms with Gasteiger partial charge in [-0.05, 0) is 35.7 Å². The number of rotatable bonds is 10. The smallest absolute Gasteiger partial charge is 0.414 e. The average molecular weight is 534 g/mol. The number of halogens is 1. The SMILES string of the molecule is CC(=O)NC[C@H]1CN(c2ccc(-c3ccc(Cn4cnc5c(NCCCO)ncnc54)cc3)c(F)c2)C(=O)O1. The Labute approximate surface area is 223 Å². The molecule has 4 aromatic rings. The lowest BCUT2D eigenvalue weighted by Crippen LogP contribution is -2.33. The van der Waals surface area contributed by atoms with Gasteiger partial charge >= 0.3 is 6.09 Å². The van der Waals surface area contributed by atoms with E-state index in [4.69, 9.17) is 9.84 Å². The maximum absolute atomic E-state index is 15.1. The lowest BCUT2D eigenvalue weighted by molar-refractivity contribution is -0.119. The van der Waals surface area contributed by atoms with Gasteiger partial charge in [-0.3, -0.25) is 9.69 Å². The molecule has 1 aliphatic rings. The van der Waals surface area contributed by atoms with E-state index in [-0.39, 0.29) is 25.6 Å². The van der Waals surface area contributed by atoms with Gasteiger partial charge in [-0.15, -0.1) is 0 Å². The Morgan fingerprint density at radius 2 is 2.00 bits per heavy atom. The molecule has 202 valence electrons. The summed E-state index contributed by atoms with van der Waals surface area (Å²) in [5.74, 6) is -0.0567. The van der Waals surface area contributed by atoms with Crippen LogP contribution in [0.2, 0.25) is 0 Å². The minimum absolute atomic E-state index is 0.0916. The lowest BCUT2D eigenvalue weighted by Gasteiger charge is -2.15. The minimum Gasteiger partial charge on any atom is -0.442 e. The van der Waals surface area contributed by atoms with Crippen LogP contribution in [-0.2, 0) is 16.1 Å². The van der Waals surface area contributed by atoms with Crippen molar-refractivity contribution in [3.05, 3.63) is 66.5 Å². The molecule has 2 aromatic carbocycles. The second kappa shape index (κ2) is 11.4. The quantitative estimate of drug-likeness (QED) is 0.265. The molecular formula is C27H28FN7O4. The summed E-state index contributed by atoms with van der Waals surface area (Å²) < 4.78 is 22.3. The molecule has 1 atom stereocenters. The summed E-state index contributed by atoms with van der Waals surface area (Å²) in [6.45, 7) is 3.00. The van der Waals surface area contributed by atoms with E-state index < -0.39 is 18.0 Å². The van der Waals surface area contributed by atoms with Crippen molar-refractivity contribution in [2.24, 2.45) is 0 Å². The molecule has 0 bridgehead atoms. The Balaban J connectivity index is 1.27. The molecule has 5 rings (SSSR count). The number of carbonyl (C=O) groups excluding carboxylic acids is 2. The number of imidazole rings is 1. The predicted octanol–water partition coefficient (Wildman–Crippen LogP) is 2.94. The van der Waals surface area contributed by atoms with Crippen LogP contribution in [-0.4, -0.2) is 69.0 Å². The van der Waals surface area contributed by atoms with Crippen LogP contribution in [0.25, 0.3) is 22.3 Å². The fourth-order valence-corrected chi connectivity index (χ4v) is 4.40. The zero-order valence-corrected chi connectivity index (χ0v) is 21.3. The first-order valence-electron chi connectivity index (χ1n) is 12.5. The molecular weight excluding hydrogens is 505 g/mol. The van der Waals surface area contributed by atoms with Crippen molar-refractivity contribution in [1.82, 2.24) is 24.8 Å². The second-order valence-corrected chi connectivity index (χ2v) is 9.19. The first-order chi connectivity index (χ1) is 18.9. The molecule has 1 aliphatic heterocycles. The second-order valence-electron chi connectivity index (χ2n) is 9.19. The molecule has 0 spiro atoms. The number of fused-ring (bicyclic) bond motifs is 1. The third-order valence-corrected chi connectivity index (χ3v) is 6.36. The number of nitrogens with zero attached hydrogens (tertiary/aromatic N) is 5. The van der Waals surface area contributed by atoms with Gasteiger partial charge in [0.15, 0.2) is 11.5 Å². The van der Waals surface area contributed by atoms with E-state index in [9.17, 15) is 9.59 Å². The largest absolute Gasteiger partial charge is 0.442 e. The summed E-state index contributed by atoms with van der Waals surface area (Å²) in [6.07, 6.45) is 2.71. The van der Waals surface area contributed by atoms with Gasteiger partial charge in [-0.2, -0.15) is 0 Å². The number of nitrogens with one attached hydrogen (secondary N) is 2. The Bertz CT molecular complexity index is 1490. The van der Waals surface area contributed by atoms with Gasteiger partial charge in [0, 0.05) is 25.6 Å². The third kappa shape index (κ3) is 5.80. The Morgan fingerprint density at radius 3 is 2.74 bits per heavy atom. The van der Waals surface area contributed by atoms with Crippen molar-refractivity contribution in [3.8, 4) is 11.1 Å². The average Bonchev–Trinajstić information content (AvgIpc) is 3.51. The van der Waals surface area contributed by atoms with E-state index in [1.54, 1.807) is 18.5 Å². The molecule has 0 radical (unpaired) electrons. The maximum Gasteiger partial charge on any atom is 0.414 e. The number of benzene rings is 2. The highest BCUT2D eigenvalue weighted by atomic mass is 19.1. The van der Waals surface area contributed by atoms with Crippen molar-refractivity contribution in [2.45, 2.75) is 26.0 Å². The van der Waals surface area contributed by atoms with E-state index >= 15 is 4.39 Å². The van der Waals surface area contributed by atoms with Crippen LogP contribution >= 0.6 is 0 Å². The molecule has 0 aliphatic carbocycles. The summed E-state index contributed by atoms with van der Waals surface area (Å²) in [7, 11) is 0. The molecule has 1 fully saturated rings. The van der Waals surface area contributed by atoms with Crippen molar-refractivity contribution < 1.29 is 23.8 Å². The van der Waals surface area contributed by atoms with Gasteiger partial charge in [0.05, 0.1) is 31.6 Å². The van der Waals surface area contributed by atoms with Gasteiger partial charge in [0.2, 0.25) is 5.91 Å². The third-order valence-electron chi connectivity index (χ3n) is 6.36. The lowest BCUT2D eigenvalue weighted by atomic mass is 10.0. The number of aromatic nitrogens is 4. The van der Waals surface area contributed by atoms with Gasteiger partial charge in [-0.25, -0.2) is 24.1 Å². The van der Waals surface area contributed by atoms with Crippen LogP contribution in [0.5, 0.6) is 0 Å². The predicted molar refractivity (Wildman–Crippen MR) is 143 cm³/mol. The van der Waals surface area contributed by atoms with Crippen LogP contribution in [0.3, 0.4) is 0 Å². The first kappa shape index (κ1) is 26.0. The molecule has 2 amide bonds. The van der Waals surface area contributed by atoms with Crippen LogP contribution < -0.4 is 15.5 Å². The molecule has 11 nitrogen and oxygen atoms in total. The van der Waals surface area contributed by atoms with E-state index in [2.05, 4.69) is 25.6 Å². The molecule has 3 N–H and O–H groups in total. The molecule has 2 aromatic heterocycles. The molecule has 12 heteroatoms.